The summed E-state index contributed by atoms with van der Waals surface area (Å²) in [6, 6.07) is 24.7. The Morgan fingerprint density at radius 3 is 1.54 bits per heavy atom. The highest BCUT2D eigenvalue weighted by molar-refractivity contribution is 5.91. The maximum Gasteiger partial charge on any atom is 0.338 e. The summed E-state index contributed by atoms with van der Waals surface area (Å²) >= 11 is 0. The minimum absolute atomic E-state index is 0.250. The average Bonchev–Trinajstić information content (AvgIpc) is 3.20. The molecule has 35 heavy (non-hydrogen) atoms. The zero-order valence-electron chi connectivity index (χ0n) is 18.9. The molecule has 1 saturated heterocycles. The van der Waals surface area contributed by atoms with Crippen LogP contribution >= 0.6 is 0 Å². The Labute approximate surface area is 202 Å². The van der Waals surface area contributed by atoms with Gasteiger partial charge in [-0.15, -0.1) is 0 Å². The van der Waals surface area contributed by atoms with Gasteiger partial charge < -0.3 is 24.1 Å². The van der Waals surface area contributed by atoms with Crippen LogP contribution in [0.5, 0.6) is 0 Å². The van der Waals surface area contributed by atoms with Gasteiger partial charge in [-0.2, -0.15) is 0 Å². The Kier molecular flexibility index (Phi) is 7.54. The van der Waals surface area contributed by atoms with Crippen LogP contribution in [0, 0.1) is 0 Å². The van der Waals surface area contributed by atoms with Gasteiger partial charge in [-0.25, -0.2) is 14.4 Å². The van der Waals surface area contributed by atoms with Crippen LogP contribution in [0.1, 0.15) is 38.0 Å². The quantitative estimate of drug-likeness (QED) is 0.408. The number of carbonyl (C=O) groups is 3. The van der Waals surface area contributed by atoms with E-state index < -0.39 is 48.6 Å². The van der Waals surface area contributed by atoms with Crippen molar-refractivity contribution in [1.29, 1.82) is 0 Å². The molecule has 0 aromatic heterocycles. The van der Waals surface area contributed by atoms with Gasteiger partial charge in [0.1, 0.15) is 12.2 Å². The van der Waals surface area contributed by atoms with Gasteiger partial charge in [0, 0.05) is 0 Å². The SMILES string of the molecule is C[C@@H](OC(=O)c1ccccc1)[C@@H]1OC(O)[C@H](OC(=O)c2ccccc2)[C@H]1OC(=O)c1ccccc1. The van der Waals surface area contributed by atoms with Gasteiger partial charge in [-0.1, -0.05) is 54.6 Å². The first-order valence-electron chi connectivity index (χ1n) is 11.1. The van der Waals surface area contributed by atoms with Crippen molar-refractivity contribution in [2.45, 2.75) is 37.6 Å². The van der Waals surface area contributed by atoms with E-state index in [9.17, 15) is 19.5 Å². The van der Waals surface area contributed by atoms with Crippen molar-refractivity contribution < 1.29 is 38.4 Å². The second-order valence-corrected chi connectivity index (χ2v) is 7.94. The molecule has 0 amide bonds. The molecule has 1 heterocycles. The van der Waals surface area contributed by atoms with E-state index in [1.165, 1.54) is 0 Å². The molecule has 1 N–H and O–H groups in total. The van der Waals surface area contributed by atoms with Crippen molar-refractivity contribution in [3.8, 4) is 0 Å². The number of carbonyl (C=O) groups excluding carboxylic acids is 3. The third kappa shape index (κ3) is 5.74. The van der Waals surface area contributed by atoms with E-state index in [1.54, 1.807) is 97.9 Å². The largest absolute Gasteiger partial charge is 0.456 e. The summed E-state index contributed by atoms with van der Waals surface area (Å²) in [6.45, 7) is 1.54. The number of aliphatic hydroxyl groups excluding tert-OH is 1. The van der Waals surface area contributed by atoms with Crippen molar-refractivity contribution in [2.75, 3.05) is 0 Å². The van der Waals surface area contributed by atoms with E-state index >= 15 is 0 Å². The summed E-state index contributed by atoms with van der Waals surface area (Å²) in [4.78, 5) is 38.0. The van der Waals surface area contributed by atoms with Gasteiger partial charge in [-0.05, 0) is 43.3 Å². The fourth-order valence-corrected chi connectivity index (χ4v) is 3.71. The Morgan fingerprint density at radius 1 is 0.686 bits per heavy atom. The van der Waals surface area contributed by atoms with Gasteiger partial charge in [0.15, 0.2) is 18.5 Å². The van der Waals surface area contributed by atoms with Crippen molar-refractivity contribution in [1.82, 2.24) is 0 Å². The van der Waals surface area contributed by atoms with Crippen molar-refractivity contribution in [2.24, 2.45) is 0 Å². The molecule has 5 atom stereocenters. The van der Waals surface area contributed by atoms with Crippen LogP contribution in [0.4, 0.5) is 0 Å². The molecule has 0 bridgehead atoms. The molecular weight excluding hydrogens is 452 g/mol. The van der Waals surface area contributed by atoms with Crippen LogP contribution in [0.2, 0.25) is 0 Å². The highest BCUT2D eigenvalue weighted by atomic mass is 16.7. The molecule has 1 aliphatic heterocycles. The lowest BCUT2D eigenvalue weighted by molar-refractivity contribution is -0.146. The number of ether oxygens (including phenoxy) is 4. The fraction of sp³-hybridized carbons (Fsp3) is 0.222. The van der Waals surface area contributed by atoms with Crippen LogP contribution in [0.3, 0.4) is 0 Å². The number of esters is 3. The van der Waals surface area contributed by atoms with E-state index in [1.807, 2.05) is 0 Å². The van der Waals surface area contributed by atoms with Crippen LogP contribution < -0.4 is 0 Å². The first-order valence-corrected chi connectivity index (χ1v) is 11.1. The summed E-state index contributed by atoms with van der Waals surface area (Å²) in [6.07, 6.45) is -6.26. The normalized spacial score (nSPS) is 22.1. The minimum Gasteiger partial charge on any atom is -0.456 e. The first-order chi connectivity index (χ1) is 16.9. The topological polar surface area (TPSA) is 108 Å². The van der Waals surface area contributed by atoms with Crippen LogP contribution in [-0.4, -0.2) is 53.7 Å². The van der Waals surface area contributed by atoms with E-state index in [-0.39, 0.29) is 11.1 Å². The zero-order valence-corrected chi connectivity index (χ0v) is 18.9. The lowest BCUT2D eigenvalue weighted by Gasteiger charge is -2.26. The predicted octanol–water partition coefficient (Wildman–Crippen LogP) is 3.40. The lowest BCUT2D eigenvalue weighted by atomic mass is 10.1. The summed E-state index contributed by atoms with van der Waals surface area (Å²) in [5.41, 5.74) is 0.831. The lowest BCUT2D eigenvalue weighted by Crippen LogP contribution is -2.44. The third-order valence-electron chi connectivity index (χ3n) is 5.50. The van der Waals surface area contributed by atoms with Crippen molar-refractivity contribution >= 4 is 17.9 Å². The molecule has 3 aromatic carbocycles. The number of aliphatic hydroxyl groups is 1. The second kappa shape index (κ2) is 10.9. The van der Waals surface area contributed by atoms with E-state index in [2.05, 4.69) is 0 Å². The van der Waals surface area contributed by atoms with E-state index in [4.69, 9.17) is 18.9 Å². The maximum atomic E-state index is 12.8. The molecule has 8 nitrogen and oxygen atoms in total. The monoisotopic (exact) mass is 476 g/mol. The van der Waals surface area contributed by atoms with Gasteiger partial charge >= 0.3 is 17.9 Å². The average molecular weight is 476 g/mol. The number of benzene rings is 3. The Morgan fingerprint density at radius 2 is 1.09 bits per heavy atom. The maximum absolute atomic E-state index is 12.8. The number of hydrogen-bond acceptors (Lipinski definition) is 8. The standard InChI is InChI=1S/C27H24O8/c1-17(32-24(28)18-11-5-2-6-12-18)21-22(34-25(29)19-13-7-3-8-14-19)23(27(31)33-21)35-26(30)20-15-9-4-10-16-20/h2-17,21-23,27,31H,1H3/t17-,21+,22+,23-,27?/m1/s1. The molecule has 0 spiro atoms. The molecule has 1 aliphatic rings. The third-order valence-corrected chi connectivity index (χ3v) is 5.50. The van der Waals surface area contributed by atoms with Crippen LogP contribution in [0.15, 0.2) is 91.0 Å². The van der Waals surface area contributed by atoms with Crippen molar-refractivity contribution in [3.05, 3.63) is 108 Å². The highest BCUT2D eigenvalue weighted by Crippen LogP contribution is 2.30. The van der Waals surface area contributed by atoms with Crippen molar-refractivity contribution in [3.63, 3.8) is 0 Å². The fourth-order valence-electron chi connectivity index (χ4n) is 3.71. The Balaban J connectivity index is 1.55. The molecule has 3 aromatic rings. The first kappa shape index (κ1) is 24.1. The van der Waals surface area contributed by atoms with E-state index in [0.717, 1.165) is 0 Å². The van der Waals surface area contributed by atoms with Gasteiger partial charge in [0.2, 0.25) is 0 Å². The smallest absolute Gasteiger partial charge is 0.338 e. The highest BCUT2D eigenvalue weighted by Gasteiger charge is 2.52. The number of hydrogen-bond donors (Lipinski definition) is 1. The molecule has 1 fully saturated rings. The zero-order chi connectivity index (χ0) is 24.8. The minimum atomic E-state index is -1.61. The Hall–Kier alpha value is -4.01. The molecule has 0 saturated carbocycles. The van der Waals surface area contributed by atoms with Crippen LogP contribution in [-0.2, 0) is 18.9 Å². The molecule has 0 radical (unpaired) electrons. The molecule has 8 heteroatoms. The summed E-state index contributed by atoms with van der Waals surface area (Å²) in [7, 11) is 0. The summed E-state index contributed by atoms with van der Waals surface area (Å²) in [5.74, 6) is -2.05. The van der Waals surface area contributed by atoms with Crippen LogP contribution in [0.25, 0.3) is 0 Å². The van der Waals surface area contributed by atoms with Gasteiger partial charge in [0.05, 0.1) is 16.7 Å². The molecular formula is C27H24O8. The van der Waals surface area contributed by atoms with Gasteiger partial charge in [0.25, 0.3) is 0 Å². The summed E-state index contributed by atoms with van der Waals surface area (Å²) in [5, 5.41) is 10.6. The number of rotatable bonds is 7. The predicted molar refractivity (Wildman–Crippen MR) is 123 cm³/mol. The summed E-state index contributed by atoms with van der Waals surface area (Å²) < 4.78 is 22.2. The molecule has 1 unspecified atom stereocenters. The van der Waals surface area contributed by atoms with Gasteiger partial charge in [-0.3, -0.25) is 0 Å². The molecule has 0 aliphatic carbocycles. The Bertz CT molecular complexity index is 1150. The van der Waals surface area contributed by atoms with E-state index in [0.29, 0.717) is 5.56 Å². The molecule has 180 valence electrons. The molecule has 4 rings (SSSR count). The second-order valence-electron chi connectivity index (χ2n) is 7.94.